The van der Waals surface area contributed by atoms with Gasteiger partial charge in [0, 0.05) is 46.3 Å². The first kappa shape index (κ1) is 17.6. The van der Waals surface area contributed by atoms with Crippen molar-refractivity contribution < 1.29 is 4.79 Å². The number of rotatable bonds is 3. The zero-order chi connectivity index (χ0) is 19.1. The van der Waals surface area contributed by atoms with E-state index < -0.39 is 0 Å². The highest BCUT2D eigenvalue weighted by molar-refractivity contribution is 6.31. The first-order chi connectivity index (χ1) is 12.9. The number of amides is 1. The lowest BCUT2D eigenvalue weighted by atomic mass is 10.0. The number of halogens is 1. The standard InChI is InChI=1S/C21H20ClN3O2/c1-12(17-11-14-9-15(22)4-6-18(14)24-21(17)27)23-16-5-7-19-13(10-16)3-8-20(26)25(19)2/h4-7,9-12,23H,3,8H2,1-2H3,(H,24,27)/t12-/m0/s1. The number of aromatic nitrogens is 1. The summed E-state index contributed by atoms with van der Waals surface area (Å²) < 4.78 is 0. The second-order valence-electron chi connectivity index (χ2n) is 6.95. The SMILES string of the molecule is C[C@H](Nc1ccc2c(c1)CCC(=O)N2C)c1cc2cc(Cl)ccc2[nH]c1=O. The lowest BCUT2D eigenvalue weighted by molar-refractivity contribution is -0.118. The van der Waals surface area contributed by atoms with Crippen LogP contribution in [-0.4, -0.2) is 17.9 Å². The van der Waals surface area contributed by atoms with Crippen LogP contribution in [0.4, 0.5) is 11.4 Å². The molecule has 1 aliphatic rings. The molecule has 0 saturated carbocycles. The molecule has 0 aliphatic carbocycles. The number of hydrogen-bond donors (Lipinski definition) is 2. The number of H-pyrrole nitrogens is 1. The quantitative estimate of drug-likeness (QED) is 0.712. The second kappa shape index (κ2) is 6.74. The van der Waals surface area contributed by atoms with Crippen molar-refractivity contribution in [1.29, 1.82) is 0 Å². The van der Waals surface area contributed by atoms with Gasteiger partial charge in [-0.15, -0.1) is 0 Å². The molecule has 0 spiro atoms. The Morgan fingerprint density at radius 2 is 1.93 bits per heavy atom. The minimum atomic E-state index is -0.182. The summed E-state index contributed by atoms with van der Waals surface area (Å²) in [4.78, 5) is 28.9. The predicted molar refractivity (Wildman–Crippen MR) is 110 cm³/mol. The number of benzene rings is 2. The molecule has 2 heterocycles. The summed E-state index contributed by atoms with van der Waals surface area (Å²) in [6, 6.07) is 13.1. The van der Waals surface area contributed by atoms with Gasteiger partial charge in [0.2, 0.25) is 5.91 Å². The Kier molecular flexibility index (Phi) is 4.40. The van der Waals surface area contributed by atoms with Crippen LogP contribution in [0, 0.1) is 0 Å². The number of nitrogens with one attached hydrogen (secondary N) is 2. The van der Waals surface area contributed by atoms with Gasteiger partial charge < -0.3 is 15.2 Å². The molecular weight excluding hydrogens is 362 g/mol. The van der Waals surface area contributed by atoms with E-state index in [1.165, 1.54) is 0 Å². The molecule has 2 N–H and O–H groups in total. The third-order valence-corrected chi connectivity index (χ3v) is 5.34. The normalized spacial score (nSPS) is 14.9. The fourth-order valence-corrected chi connectivity index (χ4v) is 3.77. The van der Waals surface area contributed by atoms with Crippen LogP contribution >= 0.6 is 11.6 Å². The Balaban J connectivity index is 1.64. The molecule has 1 aromatic heterocycles. The van der Waals surface area contributed by atoms with E-state index >= 15 is 0 Å². The van der Waals surface area contributed by atoms with Crippen molar-refractivity contribution in [2.24, 2.45) is 0 Å². The van der Waals surface area contributed by atoms with Gasteiger partial charge in [0.15, 0.2) is 0 Å². The molecule has 6 heteroatoms. The summed E-state index contributed by atoms with van der Waals surface area (Å²) in [5, 5.41) is 4.93. The van der Waals surface area contributed by atoms with Gasteiger partial charge in [0.25, 0.3) is 5.56 Å². The first-order valence-electron chi connectivity index (χ1n) is 8.91. The Bertz CT molecular complexity index is 1110. The van der Waals surface area contributed by atoms with E-state index in [0.717, 1.165) is 34.3 Å². The molecule has 0 bridgehead atoms. The molecule has 0 unspecified atom stereocenters. The number of pyridine rings is 1. The molecule has 27 heavy (non-hydrogen) atoms. The molecule has 4 rings (SSSR count). The van der Waals surface area contributed by atoms with Crippen molar-refractivity contribution in [3.05, 3.63) is 69.0 Å². The second-order valence-corrected chi connectivity index (χ2v) is 7.38. The van der Waals surface area contributed by atoms with Crippen molar-refractivity contribution in [2.45, 2.75) is 25.8 Å². The average Bonchev–Trinajstić information content (AvgIpc) is 2.64. The molecule has 3 aromatic rings. The maximum absolute atomic E-state index is 12.5. The van der Waals surface area contributed by atoms with Crippen molar-refractivity contribution in [2.75, 3.05) is 17.3 Å². The highest BCUT2D eigenvalue weighted by Crippen LogP contribution is 2.30. The number of carbonyl (C=O) groups is 1. The molecule has 5 nitrogen and oxygen atoms in total. The van der Waals surface area contributed by atoms with E-state index in [0.29, 0.717) is 17.0 Å². The molecule has 0 radical (unpaired) electrons. The Morgan fingerprint density at radius 1 is 1.11 bits per heavy atom. The van der Waals surface area contributed by atoms with Crippen molar-refractivity contribution in [1.82, 2.24) is 4.98 Å². The van der Waals surface area contributed by atoms with E-state index in [-0.39, 0.29) is 17.5 Å². The number of hydrogen-bond acceptors (Lipinski definition) is 3. The number of anilines is 2. The van der Waals surface area contributed by atoms with E-state index in [2.05, 4.69) is 16.4 Å². The van der Waals surface area contributed by atoms with Gasteiger partial charge in [-0.1, -0.05) is 11.6 Å². The van der Waals surface area contributed by atoms with E-state index in [1.54, 1.807) is 18.0 Å². The molecule has 2 aromatic carbocycles. The zero-order valence-corrected chi connectivity index (χ0v) is 15.9. The minimum absolute atomic E-state index is 0.117. The van der Waals surface area contributed by atoms with Crippen molar-refractivity contribution in [3.63, 3.8) is 0 Å². The smallest absolute Gasteiger partial charge is 0.253 e. The van der Waals surface area contributed by atoms with E-state index in [4.69, 9.17) is 11.6 Å². The van der Waals surface area contributed by atoms with Gasteiger partial charge in [0.05, 0.1) is 6.04 Å². The van der Waals surface area contributed by atoms with Crippen LogP contribution in [0.15, 0.2) is 47.3 Å². The van der Waals surface area contributed by atoms with Gasteiger partial charge >= 0.3 is 0 Å². The fraction of sp³-hybridized carbons (Fsp3) is 0.238. The number of aromatic amines is 1. The van der Waals surface area contributed by atoms with Crippen molar-refractivity contribution in [3.8, 4) is 0 Å². The zero-order valence-electron chi connectivity index (χ0n) is 15.2. The van der Waals surface area contributed by atoms with E-state index in [1.807, 2.05) is 37.3 Å². The summed E-state index contributed by atoms with van der Waals surface area (Å²) in [7, 11) is 1.80. The molecule has 138 valence electrons. The van der Waals surface area contributed by atoms with Crippen LogP contribution in [0.1, 0.15) is 30.5 Å². The van der Waals surface area contributed by atoms with Crippen LogP contribution in [0.5, 0.6) is 0 Å². The monoisotopic (exact) mass is 381 g/mol. The molecule has 0 saturated heterocycles. The summed E-state index contributed by atoms with van der Waals surface area (Å²) in [6.07, 6.45) is 1.26. The number of nitrogens with zero attached hydrogens (tertiary/aromatic N) is 1. The van der Waals surface area contributed by atoms with Crippen LogP contribution < -0.4 is 15.8 Å². The van der Waals surface area contributed by atoms with Gasteiger partial charge in [-0.2, -0.15) is 0 Å². The topological polar surface area (TPSA) is 65.2 Å². The fourth-order valence-electron chi connectivity index (χ4n) is 3.59. The Hall–Kier alpha value is -2.79. The van der Waals surface area contributed by atoms with Crippen molar-refractivity contribution >= 4 is 39.8 Å². The molecular formula is C21H20ClN3O2. The van der Waals surface area contributed by atoms with Crippen LogP contribution in [0.25, 0.3) is 10.9 Å². The predicted octanol–water partition coefficient (Wildman–Crippen LogP) is 4.26. The van der Waals surface area contributed by atoms with E-state index in [9.17, 15) is 9.59 Å². The lowest BCUT2D eigenvalue weighted by Gasteiger charge is -2.26. The van der Waals surface area contributed by atoms with Crippen LogP contribution in [0.3, 0.4) is 0 Å². The third-order valence-electron chi connectivity index (χ3n) is 5.11. The van der Waals surface area contributed by atoms with Gasteiger partial charge in [0.1, 0.15) is 0 Å². The Morgan fingerprint density at radius 3 is 2.74 bits per heavy atom. The van der Waals surface area contributed by atoms with Gasteiger partial charge in [-0.3, -0.25) is 9.59 Å². The molecule has 1 atom stereocenters. The third kappa shape index (κ3) is 3.30. The number of carbonyl (C=O) groups excluding carboxylic acids is 1. The molecule has 1 aliphatic heterocycles. The number of fused-ring (bicyclic) bond motifs is 2. The van der Waals surface area contributed by atoms with Crippen LogP contribution in [-0.2, 0) is 11.2 Å². The lowest BCUT2D eigenvalue weighted by Crippen LogP contribution is -2.31. The summed E-state index contributed by atoms with van der Waals surface area (Å²) in [5.74, 6) is 0.137. The largest absolute Gasteiger partial charge is 0.378 e. The maximum atomic E-state index is 12.5. The average molecular weight is 382 g/mol. The summed E-state index contributed by atoms with van der Waals surface area (Å²) in [5.41, 5.74) is 4.30. The summed E-state index contributed by atoms with van der Waals surface area (Å²) in [6.45, 7) is 1.95. The highest BCUT2D eigenvalue weighted by Gasteiger charge is 2.21. The van der Waals surface area contributed by atoms with Crippen LogP contribution in [0.2, 0.25) is 5.02 Å². The highest BCUT2D eigenvalue weighted by atomic mass is 35.5. The Labute approximate surface area is 162 Å². The minimum Gasteiger partial charge on any atom is -0.378 e. The first-order valence-corrected chi connectivity index (χ1v) is 9.28. The molecule has 0 fully saturated rings. The van der Waals surface area contributed by atoms with Gasteiger partial charge in [-0.25, -0.2) is 0 Å². The summed E-state index contributed by atoms with van der Waals surface area (Å²) >= 11 is 6.07. The number of aryl methyl sites for hydroxylation is 1. The maximum Gasteiger partial charge on any atom is 0.253 e. The van der Waals surface area contributed by atoms with Gasteiger partial charge in [-0.05, 0) is 61.4 Å². The molecule has 1 amide bonds.